The number of aliphatic hydroxyl groups excluding tert-OH is 1. The highest BCUT2D eigenvalue weighted by Crippen LogP contribution is 2.34. The van der Waals surface area contributed by atoms with E-state index in [1.54, 1.807) is 7.11 Å². The number of carbonyl (C=O) groups is 1. The van der Waals surface area contributed by atoms with Crippen molar-refractivity contribution in [3.05, 3.63) is 72.9 Å². The third-order valence-electron chi connectivity index (χ3n) is 7.40. The van der Waals surface area contributed by atoms with E-state index in [2.05, 4.69) is 25.8 Å². The monoisotopic (exact) mass is 542 g/mol. The summed E-state index contributed by atoms with van der Waals surface area (Å²) in [7, 11) is 1.58. The lowest BCUT2D eigenvalue weighted by Crippen LogP contribution is -2.25. The van der Waals surface area contributed by atoms with Gasteiger partial charge in [-0.3, -0.25) is 4.39 Å². The van der Waals surface area contributed by atoms with E-state index in [-0.39, 0.29) is 24.8 Å². The molecular formula is C33H47FO5. The molecular weight excluding hydrogens is 495 g/mol. The Morgan fingerprint density at radius 1 is 1.00 bits per heavy atom. The van der Waals surface area contributed by atoms with Gasteiger partial charge in [-0.1, -0.05) is 88.1 Å². The van der Waals surface area contributed by atoms with E-state index in [1.807, 2.05) is 30.3 Å². The molecule has 5 nitrogen and oxygen atoms in total. The molecule has 0 spiro atoms. The molecule has 1 aromatic carbocycles. The highest BCUT2D eigenvalue weighted by atomic mass is 19.1. The average molecular weight is 543 g/mol. The molecule has 1 unspecified atom stereocenters. The molecule has 1 aliphatic rings. The summed E-state index contributed by atoms with van der Waals surface area (Å²) in [5, 5.41) is 8.98. The van der Waals surface area contributed by atoms with Gasteiger partial charge in [0.05, 0.1) is 44.6 Å². The predicted octanol–water partition coefficient (Wildman–Crippen LogP) is 7.27. The second-order valence-corrected chi connectivity index (χ2v) is 10.6. The average Bonchev–Trinajstić information content (AvgIpc) is 2.96. The predicted molar refractivity (Wildman–Crippen MR) is 156 cm³/mol. The van der Waals surface area contributed by atoms with Gasteiger partial charge >= 0.3 is 5.97 Å². The molecule has 39 heavy (non-hydrogen) atoms. The summed E-state index contributed by atoms with van der Waals surface area (Å²) >= 11 is 0. The first-order chi connectivity index (χ1) is 18.9. The second-order valence-electron chi connectivity index (χ2n) is 10.6. The van der Waals surface area contributed by atoms with E-state index >= 15 is 0 Å². The molecule has 0 bridgehead atoms. The van der Waals surface area contributed by atoms with Crippen LogP contribution in [0, 0.1) is 17.8 Å². The molecule has 0 aliphatic heterocycles. The van der Waals surface area contributed by atoms with Gasteiger partial charge in [0.25, 0.3) is 0 Å². The van der Waals surface area contributed by atoms with Crippen molar-refractivity contribution in [2.45, 2.75) is 57.8 Å². The Balaban J connectivity index is 1.72. The molecule has 0 heterocycles. The number of hydrogen-bond donors (Lipinski definition) is 1. The third-order valence-corrected chi connectivity index (χ3v) is 7.40. The minimum Gasteiger partial charge on any atom is -0.493 e. The van der Waals surface area contributed by atoms with Crippen LogP contribution in [0.2, 0.25) is 0 Å². The minimum atomic E-state index is -0.623. The quantitative estimate of drug-likeness (QED) is 0.0862. The number of halogens is 1. The van der Waals surface area contributed by atoms with Crippen LogP contribution in [0.25, 0.3) is 5.57 Å². The van der Waals surface area contributed by atoms with Crippen molar-refractivity contribution < 1.29 is 28.5 Å². The van der Waals surface area contributed by atoms with Crippen molar-refractivity contribution in [3.63, 3.8) is 0 Å². The van der Waals surface area contributed by atoms with E-state index < -0.39 is 12.6 Å². The zero-order valence-corrected chi connectivity index (χ0v) is 23.7. The molecule has 0 aromatic heterocycles. The number of hydrogen-bond acceptors (Lipinski definition) is 5. The molecule has 1 aromatic rings. The van der Waals surface area contributed by atoms with E-state index in [4.69, 9.17) is 19.3 Å². The summed E-state index contributed by atoms with van der Waals surface area (Å²) in [4.78, 5) is 11.7. The smallest absolute Gasteiger partial charge is 0.335 e. The maximum Gasteiger partial charge on any atom is 0.335 e. The van der Waals surface area contributed by atoms with Crippen molar-refractivity contribution in [1.29, 1.82) is 0 Å². The molecule has 1 saturated carbocycles. The molecule has 6 heteroatoms. The first-order valence-electron chi connectivity index (χ1n) is 14.1. The largest absolute Gasteiger partial charge is 0.493 e. The zero-order valence-electron chi connectivity index (χ0n) is 23.7. The fraction of sp³-hybridized carbons (Fsp3) is 0.545. The fourth-order valence-electron chi connectivity index (χ4n) is 4.84. The normalized spacial score (nSPS) is 18.0. The zero-order chi connectivity index (χ0) is 28.5. The first-order valence-corrected chi connectivity index (χ1v) is 14.1. The Hall–Kier alpha value is -2.70. The molecule has 0 saturated heterocycles. The van der Waals surface area contributed by atoms with Gasteiger partial charge in [-0.15, -0.1) is 0 Å². The maximum absolute atomic E-state index is 12.3. The van der Waals surface area contributed by atoms with E-state index in [9.17, 15) is 9.18 Å². The van der Waals surface area contributed by atoms with Gasteiger partial charge in [-0.25, -0.2) is 4.79 Å². The van der Waals surface area contributed by atoms with Crippen LogP contribution in [0.1, 0.15) is 63.4 Å². The van der Waals surface area contributed by atoms with Crippen molar-refractivity contribution >= 4 is 11.5 Å². The van der Waals surface area contributed by atoms with Crippen molar-refractivity contribution in [1.82, 2.24) is 0 Å². The highest BCUT2D eigenvalue weighted by molar-refractivity contribution is 5.87. The van der Waals surface area contributed by atoms with Crippen LogP contribution in [0.5, 0.6) is 5.75 Å². The molecule has 1 N–H and O–H groups in total. The lowest BCUT2D eigenvalue weighted by atomic mass is 9.78. The molecule has 1 atom stereocenters. The fourth-order valence-corrected chi connectivity index (χ4v) is 4.84. The Morgan fingerprint density at radius 2 is 1.67 bits per heavy atom. The van der Waals surface area contributed by atoms with Gasteiger partial charge in [0.15, 0.2) is 0 Å². The Bertz CT molecular complexity index is 928. The van der Waals surface area contributed by atoms with Gasteiger partial charge < -0.3 is 19.3 Å². The van der Waals surface area contributed by atoms with Gasteiger partial charge in [-0.2, -0.15) is 0 Å². The number of rotatable bonds is 19. The van der Waals surface area contributed by atoms with Crippen LogP contribution in [0.15, 0.2) is 67.3 Å². The number of aliphatic hydroxyl groups is 1. The SMILES string of the molecule is C=C(/C=C\C(=C)c1ccc(OCC(COC)COC(=O)C(=C)CO)cc1)CCC1CCC(CCCCF)CC1. The Morgan fingerprint density at radius 3 is 2.28 bits per heavy atom. The number of allylic oxidation sites excluding steroid dienone is 4. The summed E-state index contributed by atoms with van der Waals surface area (Å²) in [6.07, 6.45) is 14.4. The molecule has 2 rings (SSSR count). The standard InChI is InChI=1S/C33H47FO5/c1-25(9-11-29-14-12-28(13-15-29)7-5-6-20-34)8-10-26(2)31-16-18-32(19-17-31)38-23-30(22-37-4)24-39-33(36)27(3)21-35/h8,10,16-19,28-30,35H,1-3,5-7,9,11-15,20-24H2,4H3/b10-8-. The van der Waals surface area contributed by atoms with Gasteiger partial charge in [0, 0.05) is 7.11 Å². The summed E-state index contributed by atoms with van der Waals surface area (Å²) in [5.41, 5.74) is 3.04. The van der Waals surface area contributed by atoms with Crippen LogP contribution < -0.4 is 4.74 Å². The van der Waals surface area contributed by atoms with Crippen LogP contribution >= 0.6 is 0 Å². The van der Waals surface area contributed by atoms with Crippen LogP contribution in [0.4, 0.5) is 4.39 Å². The minimum absolute atomic E-state index is 0.0151. The highest BCUT2D eigenvalue weighted by Gasteiger charge is 2.20. The van der Waals surface area contributed by atoms with Crippen molar-refractivity contribution in [2.24, 2.45) is 17.8 Å². The van der Waals surface area contributed by atoms with E-state index in [1.165, 1.54) is 38.5 Å². The second kappa shape index (κ2) is 18.6. The summed E-state index contributed by atoms with van der Waals surface area (Å²) in [6.45, 7) is 12.1. The number of ether oxygens (including phenoxy) is 3. The molecule has 0 radical (unpaired) electrons. The van der Waals surface area contributed by atoms with Crippen LogP contribution in [0.3, 0.4) is 0 Å². The lowest BCUT2D eigenvalue weighted by Gasteiger charge is -2.28. The lowest BCUT2D eigenvalue weighted by molar-refractivity contribution is -0.141. The number of unbranched alkanes of at least 4 members (excludes halogenated alkanes) is 1. The van der Waals surface area contributed by atoms with Gasteiger partial charge in [0.1, 0.15) is 5.75 Å². The first kappa shape index (κ1) is 32.5. The van der Waals surface area contributed by atoms with Crippen LogP contribution in [-0.4, -0.2) is 51.3 Å². The summed E-state index contributed by atoms with van der Waals surface area (Å²) in [6, 6.07) is 7.71. The van der Waals surface area contributed by atoms with E-state index in [0.717, 1.165) is 47.8 Å². The summed E-state index contributed by atoms with van der Waals surface area (Å²) in [5.74, 6) is 1.49. The van der Waals surface area contributed by atoms with Crippen molar-refractivity contribution in [3.8, 4) is 5.75 Å². The van der Waals surface area contributed by atoms with Gasteiger partial charge in [0.2, 0.25) is 0 Å². The van der Waals surface area contributed by atoms with E-state index in [0.29, 0.717) is 19.0 Å². The van der Waals surface area contributed by atoms with Crippen LogP contribution in [-0.2, 0) is 14.3 Å². The number of methoxy groups -OCH3 is 1. The number of benzene rings is 1. The maximum atomic E-state index is 12.3. The summed E-state index contributed by atoms with van der Waals surface area (Å²) < 4.78 is 28.6. The van der Waals surface area contributed by atoms with Gasteiger partial charge in [-0.05, 0) is 54.4 Å². The Labute approximate surface area is 234 Å². The number of carbonyl (C=O) groups excluding carboxylic acids is 1. The van der Waals surface area contributed by atoms with Crippen molar-refractivity contribution in [2.75, 3.05) is 40.2 Å². The Kier molecular flexibility index (Phi) is 15.5. The topological polar surface area (TPSA) is 65.0 Å². The number of esters is 1. The number of alkyl halides is 1. The molecule has 216 valence electrons. The molecule has 1 fully saturated rings. The molecule has 0 amide bonds. The third kappa shape index (κ3) is 12.8. The molecule has 1 aliphatic carbocycles.